The molecule has 0 bridgehead atoms. The van der Waals surface area contributed by atoms with E-state index < -0.39 is 0 Å². The molecule has 1 aromatic heterocycles. The molecule has 1 aromatic carbocycles. The largest absolute Gasteiger partial charge is 0.464 e. The lowest BCUT2D eigenvalue weighted by atomic mass is 10.1. The molecule has 2 rings (SSSR count). The predicted molar refractivity (Wildman–Crippen MR) is 75.2 cm³/mol. The van der Waals surface area contributed by atoms with Crippen molar-refractivity contribution in [2.24, 2.45) is 0 Å². The van der Waals surface area contributed by atoms with Crippen molar-refractivity contribution in [3.05, 3.63) is 59.0 Å². The maximum atomic E-state index is 11.5. The summed E-state index contributed by atoms with van der Waals surface area (Å²) in [4.78, 5) is 11.5. The van der Waals surface area contributed by atoms with Gasteiger partial charge >= 0.3 is 0 Å². The van der Waals surface area contributed by atoms with Crippen LogP contribution in [0.4, 0.5) is 0 Å². The Bertz CT molecular complexity index is 543. The minimum atomic E-state index is 0.0513. The van der Waals surface area contributed by atoms with Crippen LogP contribution in [-0.4, -0.2) is 12.0 Å². The molecule has 0 amide bonds. The highest BCUT2D eigenvalue weighted by Crippen LogP contribution is 2.35. The van der Waals surface area contributed by atoms with Crippen molar-refractivity contribution in [3.63, 3.8) is 0 Å². The van der Waals surface area contributed by atoms with Crippen LogP contribution in [0.1, 0.15) is 39.6 Å². The number of Topliss-reactive ketones (excluding diaryl/α,β-unsaturated/α-hetero) is 1. The van der Waals surface area contributed by atoms with E-state index in [2.05, 4.69) is 12.1 Å². The summed E-state index contributed by atoms with van der Waals surface area (Å²) >= 11 is 1.70. The fourth-order valence-electron chi connectivity index (χ4n) is 2.03. The number of rotatable bonds is 4. The highest BCUT2D eigenvalue weighted by atomic mass is 32.2. The molecule has 0 saturated carbocycles. The van der Waals surface area contributed by atoms with Gasteiger partial charge in [-0.2, -0.15) is 0 Å². The predicted octanol–water partition coefficient (Wildman–Crippen LogP) is 4.24. The van der Waals surface area contributed by atoms with Crippen LogP contribution in [0, 0.1) is 6.92 Å². The van der Waals surface area contributed by atoms with Crippen molar-refractivity contribution in [2.45, 2.75) is 19.1 Å². The first-order valence-corrected chi connectivity index (χ1v) is 7.11. The molecule has 2 aromatic rings. The fourth-order valence-corrected chi connectivity index (χ4v) is 2.81. The lowest BCUT2D eigenvalue weighted by molar-refractivity contribution is 0.101. The lowest BCUT2D eigenvalue weighted by Crippen LogP contribution is -1.94. The summed E-state index contributed by atoms with van der Waals surface area (Å²) in [6.45, 7) is 3.40. The van der Waals surface area contributed by atoms with Gasteiger partial charge in [0.2, 0.25) is 0 Å². The summed E-state index contributed by atoms with van der Waals surface area (Å²) in [5.74, 6) is 1.60. The number of carbonyl (C=O) groups is 1. The average Bonchev–Trinajstić information content (AvgIpc) is 2.74. The van der Waals surface area contributed by atoms with Gasteiger partial charge in [0.25, 0.3) is 0 Å². The molecule has 0 saturated heterocycles. The fraction of sp³-hybridized carbons (Fsp3) is 0.267. The van der Waals surface area contributed by atoms with Gasteiger partial charge in [-0.1, -0.05) is 30.3 Å². The zero-order chi connectivity index (χ0) is 13.1. The second-order valence-corrected chi connectivity index (χ2v) is 5.14. The number of aryl methyl sites for hydroxylation is 1. The van der Waals surface area contributed by atoms with E-state index in [-0.39, 0.29) is 11.0 Å². The van der Waals surface area contributed by atoms with Gasteiger partial charge in [-0.15, -0.1) is 11.8 Å². The maximum absolute atomic E-state index is 11.5. The van der Waals surface area contributed by atoms with Gasteiger partial charge in [0.1, 0.15) is 11.5 Å². The molecule has 0 aliphatic rings. The molecule has 0 aliphatic heterocycles. The average molecular weight is 260 g/mol. The van der Waals surface area contributed by atoms with Gasteiger partial charge in [0.05, 0.1) is 10.8 Å². The molecule has 1 unspecified atom stereocenters. The first kappa shape index (κ1) is 13.0. The van der Waals surface area contributed by atoms with Crippen molar-refractivity contribution < 1.29 is 9.21 Å². The van der Waals surface area contributed by atoms with Gasteiger partial charge < -0.3 is 4.42 Å². The molecule has 1 heterocycles. The third kappa shape index (κ3) is 2.51. The van der Waals surface area contributed by atoms with Crippen LogP contribution in [0.5, 0.6) is 0 Å². The van der Waals surface area contributed by atoms with Crippen molar-refractivity contribution >= 4 is 17.5 Å². The Kier molecular flexibility index (Phi) is 3.92. The Morgan fingerprint density at radius 1 is 1.28 bits per heavy atom. The van der Waals surface area contributed by atoms with Crippen molar-refractivity contribution in [1.82, 2.24) is 0 Å². The van der Waals surface area contributed by atoms with Gasteiger partial charge in [-0.3, -0.25) is 4.79 Å². The third-order valence-corrected chi connectivity index (χ3v) is 3.89. The van der Waals surface area contributed by atoms with Gasteiger partial charge in [0.15, 0.2) is 5.78 Å². The van der Waals surface area contributed by atoms with E-state index in [1.807, 2.05) is 37.4 Å². The lowest BCUT2D eigenvalue weighted by Gasteiger charge is -2.11. The molecule has 0 fully saturated rings. The number of hydrogen-bond donors (Lipinski definition) is 0. The van der Waals surface area contributed by atoms with Crippen molar-refractivity contribution in [1.29, 1.82) is 0 Å². The standard InChI is InChI=1S/C15H16O2S/c1-10(16)13-9-14(17-11(13)2)15(18-3)12-7-5-4-6-8-12/h4-9,15H,1-3H3. The SMILES string of the molecule is CSC(c1ccccc1)c1cc(C(C)=O)c(C)o1. The zero-order valence-corrected chi connectivity index (χ0v) is 11.6. The third-order valence-electron chi connectivity index (χ3n) is 2.91. The summed E-state index contributed by atoms with van der Waals surface area (Å²) in [7, 11) is 0. The van der Waals surface area contributed by atoms with Crippen LogP contribution in [0.2, 0.25) is 0 Å². The van der Waals surface area contributed by atoms with Crippen LogP contribution in [0.3, 0.4) is 0 Å². The smallest absolute Gasteiger partial charge is 0.163 e. The Labute approximate surface area is 111 Å². The summed E-state index contributed by atoms with van der Waals surface area (Å²) < 4.78 is 5.74. The maximum Gasteiger partial charge on any atom is 0.163 e. The van der Waals surface area contributed by atoms with E-state index in [0.717, 1.165) is 5.76 Å². The van der Waals surface area contributed by atoms with Crippen molar-refractivity contribution in [3.8, 4) is 0 Å². The molecule has 3 heteroatoms. The minimum Gasteiger partial charge on any atom is -0.464 e. The first-order valence-electron chi connectivity index (χ1n) is 5.82. The molecule has 18 heavy (non-hydrogen) atoms. The Hall–Kier alpha value is -1.48. The number of benzene rings is 1. The number of hydrogen-bond acceptors (Lipinski definition) is 3. The van der Waals surface area contributed by atoms with Crippen LogP contribution in [0.15, 0.2) is 40.8 Å². The number of carbonyl (C=O) groups excluding carboxylic acids is 1. The molecule has 0 N–H and O–H groups in total. The van der Waals surface area contributed by atoms with E-state index >= 15 is 0 Å². The molecule has 0 aliphatic carbocycles. The topological polar surface area (TPSA) is 30.2 Å². The highest BCUT2D eigenvalue weighted by molar-refractivity contribution is 7.99. The van der Waals surface area contributed by atoms with Gasteiger partial charge in [-0.25, -0.2) is 0 Å². The molecule has 0 spiro atoms. The van der Waals surface area contributed by atoms with Crippen LogP contribution in [-0.2, 0) is 0 Å². The second-order valence-electron chi connectivity index (χ2n) is 4.20. The Balaban J connectivity index is 2.40. The summed E-state index contributed by atoms with van der Waals surface area (Å²) in [6, 6.07) is 12.0. The van der Waals surface area contributed by atoms with Crippen molar-refractivity contribution in [2.75, 3.05) is 6.26 Å². The molecule has 94 valence electrons. The molecule has 2 nitrogen and oxygen atoms in total. The van der Waals surface area contributed by atoms with Gasteiger partial charge in [0, 0.05) is 0 Å². The first-order chi connectivity index (χ1) is 8.63. The molecule has 0 radical (unpaired) electrons. The quantitative estimate of drug-likeness (QED) is 0.770. The van der Waals surface area contributed by atoms with Crippen LogP contribution in [0.25, 0.3) is 0 Å². The monoisotopic (exact) mass is 260 g/mol. The number of furan rings is 1. The van der Waals surface area contributed by atoms with E-state index in [1.165, 1.54) is 5.56 Å². The van der Waals surface area contributed by atoms with E-state index in [4.69, 9.17) is 4.42 Å². The Morgan fingerprint density at radius 3 is 2.44 bits per heavy atom. The molecule has 1 atom stereocenters. The summed E-state index contributed by atoms with van der Waals surface area (Å²) in [5, 5.41) is 0.137. The van der Waals surface area contributed by atoms with Crippen LogP contribution < -0.4 is 0 Å². The van der Waals surface area contributed by atoms with Gasteiger partial charge in [-0.05, 0) is 31.7 Å². The highest BCUT2D eigenvalue weighted by Gasteiger charge is 2.20. The number of thioether (sulfide) groups is 1. The Morgan fingerprint density at radius 2 is 1.94 bits per heavy atom. The van der Waals surface area contributed by atoms with E-state index in [9.17, 15) is 4.79 Å². The molecular weight excluding hydrogens is 244 g/mol. The minimum absolute atomic E-state index is 0.0513. The van der Waals surface area contributed by atoms with E-state index in [0.29, 0.717) is 11.3 Å². The zero-order valence-electron chi connectivity index (χ0n) is 10.8. The van der Waals surface area contributed by atoms with E-state index in [1.54, 1.807) is 18.7 Å². The summed E-state index contributed by atoms with van der Waals surface area (Å²) in [5.41, 5.74) is 1.87. The van der Waals surface area contributed by atoms with Crippen LogP contribution >= 0.6 is 11.8 Å². The normalized spacial score (nSPS) is 12.4. The summed E-state index contributed by atoms with van der Waals surface area (Å²) in [6.07, 6.45) is 2.04. The number of ketones is 1. The second kappa shape index (κ2) is 5.44. The molecular formula is C15H16O2S.